The van der Waals surface area contributed by atoms with E-state index in [9.17, 15) is 9.59 Å². The molecule has 0 fully saturated rings. The van der Waals surface area contributed by atoms with Crippen molar-refractivity contribution in [3.8, 4) is 5.75 Å². The maximum absolute atomic E-state index is 12.3. The minimum atomic E-state index is -0.978. The van der Waals surface area contributed by atoms with E-state index < -0.39 is 11.9 Å². The van der Waals surface area contributed by atoms with Crippen LogP contribution in [-0.4, -0.2) is 23.2 Å². The number of nitrogens with one attached hydrogen (secondary N) is 1. The van der Waals surface area contributed by atoms with Gasteiger partial charge in [0.2, 0.25) is 0 Å². The first kappa shape index (κ1) is 24.0. The fourth-order valence-electron chi connectivity index (χ4n) is 3.04. The lowest BCUT2D eigenvalue weighted by Crippen LogP contribution is -2.16. The number of rotatable bonds is 7. The van der Waals surface area contributed by atoms with E-state index in [1.54, 1.807) is 48.5 Å². The number of furan rings is 1. The summed E-state index contributed by atoms with van der Waals surface area (Å²) in [7, 11) is 0. The summed E-state index contributed by atoms with van der Waals surface area (Å²) in [4.78, 5) is 23.3. The Kier molecular flexibility index (Phi) is 7.35. The Morgan fingerprint density at radius 3 is 2.44 bits per heavy atom. The van der Waals surface area contributed by atoms with Gasteiger partial charge in [-0.25, -0.2) is 10.2 Å². The molecule has 0 radical (unpaired) electrons. The third kappa shape index (κ3) is 5.67. The molecule has 2 N–H and O–H groups in total. The average molecular weight is 607 g/mol. The maximum atomic E-state index is 12.3. The van der Waals surface area contributed by atoms with Crippen molar-refractivity contribution in [2.75, 3.05) is 0 Å². The molecule has 0 aliphatic carbocycles. The summed E-state index contributed by atoms with van der Waals surface area (Å²) >= 11 is 12.9. The van der Waals surface area contributed by atoms with Crippen molar-refractivity contribution < 1.29 is 23.8 Å². The van der Waals surface area contributed by atoms with Crippen LogP contribution in [-0.2, 0) is 6.61 Å². The van der Waals surface area contributed by atoms with E-state index in [-0.39, 0.29) is 17.9 Å². The summed E-state index contributed by atoms with van der Waals surface area (Å²) in [5.41, 5.74) is 4.73. The van der Waals surface area contributed by atoms with Gasteiger partial charge in [0.15, 0.2) is 5.76 Å². The van der Waals surface area contributed by atoms with E-state index in [2.05, 4.69) is 42.4 Å². The monoisotopic (exact) mass is 604 g/mol. The number of carboxylic acids is 1. The summed E-state index contributed by atoms with van der Waals surface area (Å²) in [6.45, 7) is 0.253. The Balaban J connectivity index is 1.39. The standard InChI is InChI=1S/C24H15Br2ClN2O5/c25-18-7-14(8-19(26)22(18)33-12-13-1-3-15(4-2-13)24(31)32)11-28-29-23(30)21-10-16-9-17(27)5-6-20(16)34-21/h1-11H,12H2,(H,29,30)(H,31,32)/b28-11+. The first-order valence-corrected chi connectivity index (χ1v) is 11.7. The van der Waals surface area contributed by atoms with Gasteiger partial charge >= 0.3 is 11.9 Å². The molecule has 7 nitrogen and oxygen atoms in total. The number of hydrogen-bond acceptors (Lipinski definition) is 5. The van der Waals surface area contributed by atoms with Gasteiger partial charge in [-0.05, 0) is 91.5 Å². The number of amides is 1. The van der Waals surface area contributed by atoms with Gasteiger partial charge in [-0.3, -0.25) is 4.79 Å². The SMILES string of the molecule is O=C(O)c1ccc(COc2c(Br)cc(/C=N/NC(=O)c3cc4cc(Cl)ccc4o3)cc2Br)cc1. The Morgan fingerprint density at radius 2 is 1.76 bits per heavy atom. The highest BCUT2D eigenvalue weighted by Gasteiger charge is 2.13. The van der Waals surface area contributed by atoms with Gasteiger partial charge in [-0.15, -0.1) is 0 Å². The Morgan fingerprint density at radius 1 is 1.06 bits per heavy atom. The van der Waals surface area contributed by atoms with E-state index in [1.165, 1.54) is 18.3 Å². The molecule has 0 saturated heterocycles. The van der Waals surface area contributed by atoms with Gasteiger partial charge in [-0.2, -0.15) is 5.10 Å². The van der Waals surface area contributed by atoms with Crippen LogP contribution in [0.3, 0.4) is 0 Å². The van der Waals surface area contributed by atoms with Crippen molar-refractivity contribution in [2.24, 2.45) is 5.10 Å². The fourth-order valence-corrected chi connectivity index (χ4v) is 4.67. The van der Waals surface area contributed by atoms with Gasteiger partial charge in [0.25, 0.3) is 0 Å². The van der Waals surface area contributed by atoms with Crippen molar-refractivity contribution >= 4 is 72.5 Å². The molecule has 172 valence electrons. The summed E-state index contributed by atoms with van der Waals surface area (Å²) in [6.07, 6.45) is 1.49. The molecule has 0 bridgehead atoms. The number of halogens is 3. The molecule has 4 aromatic rings. The zero-order valence-corrected chi connectivity index (χ0v) is 21.1. The van der Waals surface area contributed by atoms with Crippen LogP contribution < -0.4 is 10.2 Å². The van der Waals surface area contributed by atoms with E-state index in [1.807, 2.05) is 0 Å². The van der Waals surface area contributed by atoms with Crippen molar-refractivity contribution in [3.05, 3.63) is 97.1 Å². The highest BCUT2D eigenvalue weighted by molar-refractivity contribution is 9.11. The van der Waals surface area contributed by atoms with Gasteiger partial charge in [0.1, 0.15) is 17.9 Å². The van der Waals surface area contributed by atoms with Crippen molar-refractivity contribution in [1.82, 2.24) is 5.43 Å². The number of aromatic carboxylic acids is 1. The van der Waals surface area contributed by atoms with Crippen LogP contribution in [0.25, 0.3) is 11.0 Å². The number of nitrogens with zero attached hydrogens (tertiary/aromatic N) is 1. The molecule has 0 saturated carbocycles. The lowest BCUT2D eigenvalue weighted by molar-refractivity contribution is 0.0696. The average Bonchev–Trinajstić information content (AvgIpc) is 3.22. The molecular weight excluding hydrogens is 592 g/mol. The van der Waals surface area contributed by atoms with Crippen LogP contribution in [0.15, 0.2) is 79.1 Å². The molecule has 34 heavy (non-hydrogen) atoms. The summed E-state index contributed by atoms with van der Waals surface area (Å²) in [6, 6.07) is 16.7. The second-order valence-corrected chi connectivity index (χ2v) is 9.24. The minimum Gasteiger partial charge on any atom is -0.487 e. The normalized spacial score (nSPS) is 11.1. The third-order valence-corrected chi connectivity index (χ3v) is 6.10. The smallest absolute Gasteiger partial charge is 0.335 e. The second-order valence-electron chi connectivity index (χ2n) is 7.10. The number of carboxylic acid groups (broad SMARTS) is 1. The summed E-state index contributed by atoms with van der Waals surface area (Å²) in [5, 5.41) is 14.3. The van der Waals surface area contributed by atoms with Crippen LogP contribution in [0.4, 0.5) is 0 Å². The second kappa shape index (κ2) is 10.4. The Bertz CT molecular complexity index is 1390. The molecule has 1 amide bonds. The molecule has 3 aromatic carbocycles. The predicted octanol–water partition coefficient (Wildman–Crippen LogP) is 6.65. The van der Waals surface area contributed by atoms with Gasteiger partial charge in [-0.1, -0.05) is 23.7 Å². The molecule has 4 rings (SSSR count). The molecule has 1 aromatic heterocycles. The fraction of sp³-hybridized carbons (Fsp3) is 0.0417. The molecule has 0 unspecified atom stereocenters. The lowest BCUT2D eigenvalue weighted by Gasteiger charge is -2.11. The van der Waals surface area contributed by atoms with Crippen LogP contribution in [0.2, 0.25) is 5.02 Å². The van der Waals surface area contributed by atoms with Crippen LogP contribution in [0.5, 0.6) is 5.75 Å². The Hall–Kier alpha value is -3.14. The quantitative estimate of drug-likeness (QED) is 0.181. The molecule has 1 heterocycles. The van der Waals surface area contributed by atoms with Crippen molar-refractivity contribution in [3.63, 3.8) is 0 Å². The van der Waals surface area contributed by atoms with E-state index >= 15 is 0 Å². The largest absolute Gasteiger partial charge is 0.487 e. The number of fused-ring (bicyclic) bond motifs is 1. The van der Waals surface area contributed by atoms with Gasteiger partial charge in [0.05, 0.1) is 20.7 Å². The molecule has 0 aliphatic rings. The molecular formula is C24H15Br2ClN2O5. The number of hydrogen-bond donors (Lipinski definition) is 2. The van der Waals surface area contributed by atoms with Crippen molar-refractivity contribution in [1.29, 1.82) is 0 Å². The number of carbonyl (C=O) groups is 2. The van der Waals surface area contributed by atoms with E-state index in [0.717, 1.165) is 10.9 Å². The van der Waals surface area contributed by atoms with E-state index in [0.29, 0.717) is 30.9 Å². The Labute approximate surface area is 215 Å². The van der Waals surface area contributed by atoms with Crippen LogP contribution in [0.1, 0.15) is 32.0 Å². The predicted molar refractivity (Wildman–Crippen MR) is 136 cm³/mol. The minimum absolute atomic E-state index is 0.122. The lowest BCUT2D eigenvalue weighted by atomic mass is 10.1. The maximum Gasteiger partial charge on any atom is 0.335 e. The number of hydrazone groups is 1. The molecule has 0 spiro atoms. The number of ether oxygens (including phenoxy) is 1. The first-order valence-electron chi connectivity index (χ1n) is 9.77. The van der Waals surface area contributed by atoms with Crippen molar-refractivity contribution in [2.45, 2.75) is 6.61 Å². The zero-order chi connectivity index (χ0) is 24.2. The summed E-state index contributed by atoms with van der Waals surface area (Å²) < 4.78 is 12.7. The van der Waals surface area contributed by atoms with Gasteiger partial charge < -0.3 is 14.3 Å². The topological polar surface area (TPSA) is 101 Å². The zero-order valence-electron chi connectivity index (χ0n) is 17.2. The number of benzene rings is 3. The van der Waals surface area contributed by atoms with Gasteiger partial charge in [0, 0.05) is 10.4 Å². The first-order chi connectivity index (χ1) is 16.3. The van der Waals surface area contributed by atoms with Crippen LogP contribution >= 0.6 is 43.5 Å². The molecule has 10 heteroatoms. The third-order valence-electron chi connectivity index (χ3n) is 4.69. The van der Waals surface area contributed by atoms with Crippen LogP contribution in [0, 0.1) is 0 Å². The highest BCUT2D eigenvalue weighted by atomic mass is 79.9. The van der Waals surface area contributed by atoms with E-state index in [4.69, 9.17) is 25.9 Å². The summed E-state index contributed by atoms with van der Waals surface area (Å²) in [5.74, 6) is -0.772. The molecule has 0 aliphatic heterocycles. The number of carbonyl (C=O) groups excluding carboxylic acids is 1. The molecule has 0 atom stereocenters. The highest BCUT2D eigenvalue weighted by Crippen LogP contribution is 2.35.